The monoisotopic (exact) mass is 267 g/mol. The average molecular weight is 269 g/mol. The summed E-state index contributed by atoms with van der Waals surface area (Å²) in [6.45, 7) is 0. The van der Waals surface area contributed by atoms with E-state index in [1.165, 1.54) is 12.1 Å². The molecule has 0 bridgehead atoms. The van der Waals surface area contributed by atoms with Crippen molar-refractivity contribution in [3.63, 3.8) is 0 Å². The predicted octanol–water partition coefficient (Wildman–Crippen LogP) is 4.20. The summed E-state index contributed by atoms with van der Waals surface area (Å²) < 4.78 is 5.18. The molecule has 0 spiro atoms. The van der Waals surface area contributed by atoms with E-state index in [0.29, 0.717) is 20.8 Å². The molecule has 0 heterocycles. The number of hydrogen-bond acceptors (Lipinski definition) is 3. The van der Waals surface area contributed by atoms with Crippen molar-refractivity contribution in [1.29, 1.82) is 5.26 Å². The quantitative estimate of drug-likeness (QED) is 0.356. The highest BCUT2D eigenvalue weighted by Crippen LogP contribution is 2.34. The van der Waals surface area contributed by atoms with Gasteiger partial charge in [-0.3, -0.25) is 0 Å². The molecule has 0 radical (unpaired) electrons. The average Bonchev–Trinajstić information content (AvgIpc) is 2.14. The zero-order valence-corrected chi connectivity index (χ0v) is 9.84. The number of benzene rings is 1. The number of halogens is 3. The van der Waals surface area contributed by atoms with Gasteiger partial charge in [-0.1, -0.05) is 34.8 Å². The Hall–Kier alpha value is -0.270. The van der Waals surface area contributed by atoms with E-state index in [0.717, 1.165) is 11.8 Å². The van der Waals surface area contributed by atoms with Gasteiger partial charge in [-0.25, -0.2) is 0 Å². The van der Waals surface area contributed by atoms with E-state index >= 15 is 0 Å². The summed E-state index contributed by atoms with van der Waals surface area (Å²) in [5.41, 5.74) is 0. The van der Waals surface area contributed by atoms with Gasteiger partial charge >= 0.3 is 0 Å². The summed E-state index contributed by atoms with van der Waals surface area (Å²) in [6.07, 6.45) is 0. The molecule has 0 saturated carbocycles. The maximum absolute atomic E-state index is 8.27. The molecular weight excluding hydrogens is 265 g/mol. The Labute approximate surface area is 101 Å². The van der Waals surface area contributed by atoms with Crippen LogP contribution in [0.2, 0.25) is 15.1 Å². The standard InChI is InChI=1S/C8H4Cl3NOS/c9-5-1-7(11)8(2-6(5)10)13-4-14-3-12/h1-2H,4H2. The Balaban J connectivity index is 2.78. The van der Waals surface area contributed by atoms with Gasteiger partial charge in [-0.15, -0.1) is 0 Å². The maximum atomic E-state index is 8.27. The minimum atomic E-state index is 0.203. The minimum Gasteiger partial charge on any atom is -0.480 e. The Morgan fingerprint density at radius 2 is 1.86 bits per heavy atom. The Bertz CT molecular complexity index is 378. The van der Waals surface area contributed by atoms with Crippen LogP contribution >= 0.6 is 46.6 Å². The maximum Gasteiger partial charge on any atom is 0.148 e. The van der Waals surface area contributed by atoms with Crippen molar-refractivity contribution in [2.75, 3.05) is 5.94 Å². The number of nitrogens with zero attached hydrogens (tertiary/aromatic N) is 1. The molecule has 1 rings (SSSR count). The second-order valence-corrected chi connectivity index (χ2v) is 4.12. The molecule has 0 aliphatic heterocycles. The van der Waals surface area contributed by atoms with Crippen LogP contribution in [0, 0.1) is 10.7 Å². The molecule has 0 N–H and O–H groups in total. The fourth-order valence-electron chi connectivity index (χ4n) is 0.734. The first-order chi connectivity index (χ1) is 6.65. The van der Waals surface area contributed by atoms with Gasteiger partial charge in [0.25, 0.3) is 0 Å². The minimum absolute atomic E-state index is 0.203. The lowest BCUT2D eigenvalue weighted by Gasteiger charge is -2.06. The number of hydrogen-bond donors (Lipinski definition) is 0. The van der Waals surface area contributed by atoms with Crippen molar-refractivity contribution >= 4 is 46.6 Å². The number of thiocyanates is 1. The van der Waals surface area contributed by atoms with Crippen molar-refractivity contribution in [2.24, 2.45) is 0 Å². The molecule has 1 aromatic rings. The first-order valence-electron chi connectivity index (χ1n) is 3.43. The normalized spacial score (nSPS) is 9.57. The first-order valence-corrected chi connectivity index (χ1v) is 5.55. The zero-order valence-electron chi connectivity index (χ0n) is 6.76. The van der Waals surface area contributed by atoms with Crippen LogP contribution in [0.3, 0.4) is 0 Å². The van der Waals surface area contributed by atoms with E-state index in [1.807, 2.05) is 5.40 Å². The Kier molecular flexibility index (Phi) is 4.70. The highest BCUT2D eigenvalue weighted by atomic mass is 35.5. The zero-order chi connectivity index (χ0) is 10.6. The second kappa shape index (κ2) is 5.57. The van der Waals surface area contributed by atoms with E-state index in [1.54, 1.807) is 0 Å². The van der Waals surface area contributed by atoms with Crippen LogP contribution in [0.15, 0.2) is 12.1 Å². The molecular formula is C8H4Cl3NOS. The molecule has 14 heavy (non-hydrogen) atoms. The van der Waals surface area contributed by atoms with Crippen molar-refractivity contribution in [1.82, 2.24) is 0 Å². The molecule has 0 fully saturated rings. The van der Waals surface area contributed by atoms with Gasteiger partial charge in [0.2, 0.25) is 0 Å². The lowest BCUT2D eigenvalue weighted by molar-refractivity contribution is 0.394. The third-order valence-corrected chi connectivity index (χ3v) is 2.70. The van der Waals surface area contributed by atoms with Crippen LogP contribution in [0.4, 0.5) is 0 Å². The predicted molar refractivity (Wildman–Crippen MR) is 60.2 cm³/mol. The highest BCUT2D eigenvalue weighted by Gasteiger charge is 2.06. The van der Waals surface area contributed by atoms with Gasteiger partial charge in [0.15, 0.2) is 0 Å². The van der Waals surface area contributed by atoms with E-state index in [4.69, 9.17) is 44.8 Å². The molecule has 74 valence electrons. The summed E-state index contributed by atoms with van der Waals surface area (Å²) in [5, 5.41) is 11.3. The van der Waals surface area contributed by atoms with E-state index in [2.05, 4.69) is 0 Å². The lowest BCUT2D eigenvalue weighted by atomic mass is 10.3. The molecule has 0 saturated heterocycles. The molecule has 2 nitrogen and oxygen atoms in total. The van der Waals surface area contributed by atoms with Gasteiger partial charge in [-0.05, 0) is 17.8 Å². The van der Waals surface area contributed by atoms with Gasteiger partial charge in [0.1, 0.15) is 17.1 Å². The lowest BCUT2D eigenvalue weighted by Crippen LogP contribution is -1.92. The molecule has 0 amide bonds. The fraction of sp³-hybridized carbons (Fsp3) is 0.125. The van der Waals surface area contributed by atoms with Crippen LogP contribution in [0.5, 0.6) is 5.75 Å². The molecule has 0 aliphatic carbocycles. The van der Waals surface area contributed by atoms with E-state index in [-0.39, 0.29) is 5.94 Å². The molecule has 0 unspecified atom stereocenters. The molecule has 0 atom stereocenters. The second-order valence-electron chi connectivity index (χ2n) is 2.19. The third-order valence-electron chi connectivity index (χ3n) is 1.31. The van der Waals surface area contributed by atoms with Gasteiger partial charge in [0.05, 0.1) is 15.1 Å². The molecule has 0 aromatic heterocycles. The topological polar surface area (TPSA) is 33.0 Å². The Morgan fingerprint density at radius 1 is 1.21 bits per heavy atom. The van der Waals surface area contributed by atoms with Gasteiger partial charge in [-0.2, -0.15) is 5.26 Å². The summed E-state index contributed by atoms with van der Waals surface area (Å²) in [7, 11) is 0. The highest BCUT2D eigenvalue weighted by molar-refractivity contribution is 8.03. The first kappa shape index (κ1) is 11.8. The van der Waals surface area contributed by atoms with Crippen LogP contribution in [0.25, 0.3) is 0 Å². The van der Waals surface area contributed by atoms with Crippen molar-refractivity contribution in [3.05, 3.63) is 27.2 Å². The van der Waals surface area contributed by atoms with Crippen LogP contribution < -0.4 is 4.74 Å². The third kappa shape index (κ3) is 3.14. The van der Waals surface area contributed by atoms with Gasteiger partial charge in [0, 0.05) is 6.07 Å². The van der Waals surface area contributed by atoms with Crippen molar-refractivity contribution < 1.29 is 4.74 Å². The van der Waals surface area contributed by atoms with Crippen molar-refractivity contribution in [3.8, 4) is 11.2 Å². The van der Waals surface area contributed by atoms with Crippen LogP contribution in [-0.4, -0.2) is 5.94 Å². The van der Waals surface area contributed by atoms with Crippen molar-refractivity contribution in [2.45, 2.75) is 0 Å². The summed E-state index contributed by atoms with van der Waals surface area (Å²) in [4.78, 5) is 0. The van der Waals surface area contributed by atoms with E-state index in [9.17, 15) is 0 Å². The van der Waals surface area contributed by atoms with Gasteiger partial charge < -0.3 is 4.74 Å². The fourth-order valence-corrected chi connectivity index (χ4v) is 1.56. The number of thioether (sulfide) groups is 1. The molecule has 1 aromatic carbocycles. The summed E-state index contributed by atoms with van der Waals surface area (Å²) >= 11 is 18.3. The number of rotatable bonds is 3. The van der Waals surface area contributed by atoms with E-state index < -0.39 is 0 Å². The summed E-state index contributed by atoms with van der Waals surface area (Å²) in [6, 6.07) is 3.02. The largest absolute Gasteiger partial charge is 0.480 e. The van der Waals surface area contributed by atoms with Crippen LogP contribution in [0.1, 0.15) is 0 Å². The summed E-state index contributed by atoms with van der Waals surface area (Å²) in [5.74, 6) is 0.623. The van der Waals surface area contributed by atoms with Crippen LogP contribution in [-0.2, 0) is 0 Å². The molecule has 6 heteroatoms. The smallest absolute Gasteiger partial charge is 0.148 e. The number of nitriles is 1. The SMILES string of the molecule is N#CSCOc1cc(Cl)c(Cl)cc1Cl. The number of ether oxygens (including phenoxy) is 1. The Morgan fingerprint density at radius 3 is 2.50 bits per heavy atom. The molecule has 0 aliphatic rings.